The molecule has 232 valence electrons. The zero-order chi connectivity index (χ0) is 31.6. The van der Waals surface area contributed by atoms with E-state index < -0.39 is 28.5 Å². The van der Waals surface area contributed by atoms with E-state index in [1.807, 2.05) is 32.9 Å². The van der Waals surface area contributed by atoms with Gasteiger partial charge in [0.15, 0.2) is 0 Å². The molecule has 2 amide bonds. The number of carbonyl (C=O) groups excluding carboxylic acids is 2. The van der Waals surface area contributed by atoms with E-state index in [2.05, 4.69) is 5.32 Å². The molecule has 0 fully saturated rings. The lowest BCUT2D eigenvalue weighted by Crippen LogP contribution is -2.52. The van der Waals surface area contributed by atoms with E-state index in [0.29, 0.717) is 24.5 Å². The Labute approximate surface area is 254 Å². The topological polar surface area (TPSA) is 114 Å². The minimum atomic E-state index is -4.27. The van der Waals surface area contributed by atoms with Gasteiger partial charge in [-0.1, -0.05) is 43.7 Å². The predicted molar refractivity (Wildman–Crippen MR) is 166 cm³/mol. The van der Waals surface area contributed by atoms with E-state index in [9.17, 15) is 18.0 Å². The van der Waals surface area contributed by atoms with Crippen LogP contribution in [0.15, 0.2) is 71.6 Å². The van der Waals surface area contributed by atoms with Crippen LogP contribution in [0.3, 0.4) is 0 Å². The highest BCUT2D eigenvalue weighted by Gasteiger charge is 2.35. The van der Waals surface area contributed by atoms with Crippen LogP contribution in [-0.4, -0.2) is 65.6 Å². The number of aryl methyl sites for hydroxylation is 1. The van der Waals surface area contributed by atoms with Crippen LogP contribution in [0.4, 0.5) is 5.69 Å². The Morgan fingerprint density at radius 3 is 2.05 bits per heavy atom. The molecule has 11 heteroatoms. The maximum atomic E-state index is 14.3. The molecule has 3 aromatic rings. The number of hydrogen-bond donors (Lipinski definition) is 1. The lowest BCUT2D eigenvalue weighted by Gasteiger charge is -2.33. The van der Waals surface area contributed by atoms with Crippen LogP contribution in [0.25, 0.3) is 0 Å². The van der Waals surface area contributed by atoms with Gasteiger partial charge in [0, 0.05) is 19.2 Å². The number of amides is 2. The second-order valence-electron chi connectivity index (χ2n) is 9.95. The highest BCUT2D eigenvalue weighted by Crippen LogP contribution is 2.36. The zero-order valence-electron chi connectivity index (χ0n) is 25.6. The summed E-state index contributed by atoms with van der Waals surface area (Å²) in [5, 5.41) is 2.88. The second kappa shape index (κ2) is 15.3. The summed E-state index contributed by atoms with van der Waals surface area (Å²) < 4.78 is 45.5. The molecule has 1 atom stereocenters. The van der Waals surface area contributed by atoms with E-state index in [1.165, 1.54) is 37.3 Å². The summed E-state index contributed by atoms with van der Waals surface area (Å²) in [6, 6.07) is 17.4. The number of methoxy groups -OCH3 is 3. The molecule has 0 bridgehead atoms. The monoisotopic (exact) mass is 611 g/mol. The van der Waals surface area contributed by atoms with Crippen LogP contribution in [0.1, 0.15) is 37.8 Å². The molecule has 0 saturated carbocycles. The Hall–Kier alpha value is -4.25. The van der Waals surface area contributed by atoms with Gasteiger partial charge in [-0.15, -0.1) is 0 Å². The van der Waals surface area contributed by atoms with Crippen molar-refractivity contribution < 1.29 is 32.2 Å². The van der Waals surface area contributed by atoms with Gasteiger partial charge < -0.3 is 24.4 Å². The minimum Gasteiger partial charge on any atom is -0.497 e. The summed E-state index contributed by atoms with van der Waals surface area (Å²) in [5.74, 6) is 0.398. The molecule has 3 aromatic carbocycles. The molecular weight excluding hydrogens is 570 g/mol. The van der Waals surface area contributed by atoms with Crippen molar-refractivity contribution in [2.75, 3.05) is 38.7 Å². The third kappa shape index (κ3) is 8.19. The highest BCUT2D eigenvalue weighted by atomic mass is 32.2. The fourth-order valence-electron chi connectivity index (χ4n) is 4.56. The summed E-state index contributed by atoms with van der Waals surface area (Å²) in [6.45, 7) is 5.55. The number of sulfonamides is 1. The van der Waals surface area contributed by atoms with Gasteiger partial charge in [0.25, 0.3) is 10.0 Å². The van der Waals surface area contributed by atoms with Crippen LogP contribution in [0.2, 0.25) is 0 Å². The van der Waals surface area contributed by atoms with E-state index in [1.54, 1.807) is 43.5 Å². The second-order valence-corrected chi connectivity index (χ2v) is 11.8. The van der Waals surface area contributed by atoms with Crippen molar-refractivity contribution in [3.8, 4) is 17.2 Å². The van der Waals surface area contributed by atoms with Gasteiger partial charge in [-0.2, -0.15) is 0 Å². The molecule has 43 heavy (non-hydrogen) atoms. The van der Waals surface area contributed by atoms with Crippen LogP contribution >= 0.6 is 0 Å². The van der Waals surface area contributed by atoms with Gasteiger partial charge >= 0.3 is 0 Å². The highest BCUT2D eigenvalue weighted by molar-refractivity contribution is 7.92. The molecule has 0 aliphatic carbocycles. The number of ether oxygens (including phenoxy) is 3. The molecule has 0 aliphatic heterocycles. The van der Waals surface area contributed by atoms with Crippen LogP contribution < -0.4 is 23.8 Å². The number of benzene rings is 3. The number of nitrogens with zero attached hydrogens (tertiary/aromatic N) is 2. The van der Waals surface area contributed by atoms with Crippen molar-refractivity contribution in [1.29, 1.82) is 0 Å². The van der Waals surface area contributed by atoms with E-state index in [-0.39, 0.29) is 28.8 Å². The molecule has 0 radical (unpaired) electrons. The summed E-state index contributed by atoms with van der Waals surface area (Å²) in [6.07, 6.45) is 1.05. The Morgan fingerprint density at radius 1 is 0.860 bits per heavy atom. The molecule has 0 heterocycles. The summed E-state index contributed by atoms with van der Waals surface area (Å²) in [5.41, 5.74) is 1.77. The largest absolute Gasteiger partial charge is 0.497 e. The van der Waals surface area contributed by atoms with Gasteiger partial charge in [0.2, 0.25) is 11.8 Å². The predicted octanol–water partition coefficient (Wildman–Crippen LogP) is 4.55. The van der Waals surface area contributed by atoms with Gasteiger partial charge in [0.1, 0.15) is 29.8 Å². The third-order valence-electron chi connectivity index (χ3n) is 6.99. The lowest BCUT2D eigenvalue weighted by molar-refractivity contribution is -0.140. The van der Waals surface area contributed by atoms with Crippen molar-refractivity contribution in [1.82, 2.24) is 10.2 Å². The molecule has 0 aliphatic rings. The van der Waals surface area contributed by atoms with Crippen molar-refractivity contribution >= 4 is 27.5 Å². The molecule has 0 unspecified atom stereocenters. The fourth-order valence-corrected chi connectivity index (χ4v) is 5.97. The van der Waals surface area contributed by atoms with Crippen molar-refractivity contribution in [3.05, 3.63) is 77.9 Å². The van der Waals surface area contributed by atoms with Crippen molar-refractivity contribution in [2.45, 2.75) is 51.1 Å². The Kier molecular flexibility index (Phi) is 11.8. The quantitative estimate of drug-likeness (QED) is 0.268. The average Bonchev–Trinajstić information content (AvgIpc) is 3.02. The number of anilines is 1. The first kappa shape index (κ1) is 33.3. The first-order valence-corrected chi connectivity index (χ1v) is 15.5. The molecular formula is C32H41N3O7S. The molecule has 3 rings (SSSR count). The third-order valence-corrected chi connectivity index (χ3v) is 8.76. The molecule has 0 aromatic heterocycles. The Bertz CT molecular complexity index is 1480. The van der Waals surface area contributed by atoms with Gasteiger partial charge in [0.05, 0.1) is 31.9 Å². The minimum absolute atomic E-state index is 0.00482. The Morgan fingerprint density at radius 2 is 1.49 bits per heavy atom. The van der Waals surface area contributed by atoms with Crippen molar-refractivity contribution in [3.63, 3.8) is 0 Å². The first-order valence-electron chi connectivity index (χ1n) is 14.1. The standard InChI is InChI=1S/C32H41N3O7S/c1-7-19-33-32(37)28(8-2)34(21-24-11-13-25(40-4)14-12-24)31(36)22-35(29-20-26(41-5)15-18-30(29)42-6)43(38,39)27-16-9-23(3)10-17-27/h9-18,20,28H,7-8,19,21-22H2,1-6H3,(H,33,37)/t28-/m0/s1. The number of rotatable bonds is 15. The van der Waals surface area contributed by atoms with E-state index in [0.717, 1.165) is 21.9 Å². The molecule has 0 spiro atoms. The lowest BCUT2D eigenvalue weighted by atomic mass is 10.1. The first-order chi connectivity index (χ1) is 20.6. The van der Waals surface area contributed by atoms with Crippen molar-refractivity contribution in [2.24, 2.45) is 0 Å². The van der Waals surface area contributed by atoms with E-state index >= 15 is 0 Å². The van der Waals surface area contributed by atoms with Crippen LogP contribution in [0, 0.1) is 6.92 Å². The Balaban J connectivity index is 2.13. The number of hydrogen-bond acceptors (Lipinski definition) is 7. The SMILES string of the molecule is CCCNC(=O)[C@H](CC)N(Cc1ccc(OC)cc1)C(=O)CN(c1cc(OC)ccc1OC)S(=O)(=O)c1ccc(C)cc1. The molecule has 10 nitrogen and oxygen atoms in total. The van der Waals surface area contributed by atoms with Gasteiger partial charge in [-0.3, -0.25) is 13.9 Å². The maximum Gasteiger partial charge on any atom is 0.264 e. The maximum absolute atomic E-state index is 14.3. The van der Waals surface area contributed by atoms with Gasteiger partial charge in [-0.05, 0) is 61.7 Å². The summed E-state index contributed by atoms with van der Waals surface area (Å²) in [7, 11) is 0.176. The van der Waals surface area contributed by atoms with Crippen LogP contribution in [0.5, 0.6) is 17.2 Å². The fraction of sp³-hybridized carbons (Fsp3) is 0.375. The normalized spacial score (nSPS) is 11.8. The van der Waals surface area contributed by atoms with E-state index in [4.69, 9.17) is 14.2 Å². The number of carbonyl (C=O) groups is 2. The average molecular weight is 612 g/mol. The molecule has 0 saturated heterocycles. The zero-order valence-corrected chi connectivity index (χ0v) is 26.4. The van der Waals surface area contributed by atoms with Gasteiger partial charge in [-0.25, -0.2) is 8.42 Å². The summed E-state index contributed by atoms with van der Waals surface area (Å²) in [4.78, 5) is 29.0. The smallest absolute Gasteiger partial charge is 0.264 e. The summed E-state index contributed by atoms with van der Waals surface area (Å²) >= 11 is 0. The number of nitrogens with one attached hydrogen (secondary N) is 1. The molecule has 1 N–H and O–H groups in total. The van der Waals surface area contributed by atoms with Crippen LogP contribution in [-0.2, 0) is 26.2 Å².